The molecule has 0 rings (SSSR count). The number of esters is 1. The largest absolute Gasteiger partial charge is 0.415 e. The molecule has 0 fully saturated rings. The first-order valence-corrected chi connectivity index (χ1v) is 4.74. The van der Waals surface area contributed by atoms with Crippen LogP contribution in [0.5, 0.6) is 0 Å². The highest BCUT2D eigenvalue weighted by molar-refractivity contribution is 5.77. The maximum atomic E-state index is 10.9. The molecule has 0 aromatic heterocycles. The zero-order valence-corrected chi connectivity index (χ0v) is 8.79. The van der Waals surface area contributed by atoms with Crippen molar-refractivity contribution >= 4 is 18.3 Å². The normalized spacial score (nSPS) is 11.6. The molecule has 0 spiro atoms. The van der Waals surface area contributed by atoms with Crippen molar-refractivity contribution in [3.63, 3.8) is 0 Å². The Morgan fingerprint density at radius 1 is 1.47 bits per heavy atom. The van der Waals surface area contributed by atoms with Gasteiger partial charge in [0.25, 0.3) is 0 Å². The van der Waals surface area contributed by atoms with E-state index in [1.807, 2.05) is 0 Å². The van der Waals surface area contributed by atoms with Gasteiger partial charge in [-0.15, -0.1) is 0 Å². The molecule has 15 heavy (non-hydrogen) atoms. The number of nitrogens with two attached hydrogens (primary N) is 1. The molecular formula is C9H17N3O3. The third-order valence-corrected chi connectivity index (χ3v) is 1.93. The van der Waals surface area contributed by atoms with E-state index in [0.29, 0.717) is 25.7 Å². The maximum Gasteiger partial charge on any atom is 0.312 e. The molecular weight excluding hydrogens is 198 g/mol. The highest BCUT2D eigenvalue weighted by Gasteiger charge is 2.09. The Morgan fingerprint density at radius 3 is 2.60 bits per heavy atom. The molecule has 0 saturated carbocycles. The van der Waals surface area contributed by atoms with Crippen molar-refractivity contribution < 1.29 is 14.3 Å². The summed E-state index contributed by atoms with van der Waals surface area (Å²) < 4.78 is 4.31. The van der Waals surface area contributed by atoms with Crippen LogP contribution in [0.1, 0.15) is 25.7 Å². The zero-order valence-electron chi connectivity index (χ0n) is 8.79. The predicted octanol–water partition coefficient (Wildman–Crippen LogP) is -0.230. The van der Waals surface area contributed by atoms with Gasteiger partial charge in [0, 0.05) is 25.9 Å². The fourth-order valence-corrected chi connectivity index (χ4v) is 1.01. The molecule has 0 heterocycles. The van der Waals surface area contributed by atoms with E-state index in [2.05, 4.69) is 10.1 Å². The third kappa shape index (κ3) is 7.63. The second-order valence-corrected chi connectivity index (χ2v) is 3.12. The molecule has 0 bridgehead atoms. The monoisotopic (exact) mass is 215 g/mol. The van der Waals surface area contributed by atoms with Gasteiger partial charge in [0.15, 0.2) is 6.40 Å². The molecule has 1 atom stereocenters. The van der Waals surface area contributed by atoms with Crippen LogP contribution in [0.15, 0.2) is 0 Å². The van der Waals surface area contributed by atoms with Gasteiger partial charge in [0.05, 0.1) is 0 Å². The van der Waals surface area contributed by atoms with E-state index in [4.69, 9.17) is 11.1 Å². The number of carbonyl (C=O) groups excluding carboxylic acids is 2. The lowest BCUT2D eigenvalue weighted by Gasteiger charge is -2.09. The van der Waals surface area contributed by atoms with Crippen LogP contribution < -0.4 is 11.1 Å². The molecule has 1 unspecified atom stereocenters. The maximum absolute atomic E-state index is 10.9. The van der Waals surface area contributed by atoms with Crippen LogP contribution in [-0.2, 0) is 14.3 Å². The summed E-state index contributed by atoms with van der Waals surface area (Å²) in [6.07, 6.45) is 2.13. The lowest BCUT2D eigenvalue weighted by molar-refractivity contribution is -0.135. The van der Waals surface area contributed by atoms with Gasteiger partial charge in [-0.25, -0.2) is 0 Å². The number of ether oxygens (including phenoxy) is 1. The summed E-state index contributed by atoms with van der Waals surface area (Å²) in [7, 11) is 1.56. The molecule has 0 aromatic carbocycles. The molecule has 0 saturated heterocycles. The van der Waals surface area contributed by atoms with Crippen molar-refractivity contribution in [1.29, 1.82) is 5.41 Å². The smallest absolute Gasteiger partial charge is 0.312 e. The number of amides is 1. The van der Waals surface area contributed by atoms with Crippen LogP contribution in [0.25, 0.3) is 0 Å². The summed E-state index contributed by atoms with van der Waals surface area (Å²) in [6.45, 7) is 0. The van der Waals surface area contributed by atoms with E-state index in [1.54, 1.807) is 7.05 Å². The van der Waals surface area contributed by atoms with Crippen LogP contribution in [0.4, 0.5) is 0 Å². The molecule has 0 aliphatic carbocycles. The number of hydrogen-bond donors (Lipinski definition) is 3. The van der Waals surface area contributed by atoms with Crippen molar-refractivity contribution in [3.8, 4) is 0 Å². The van der Waals surface area contributed by atoms with Crippen LogP contribution in [-0.4, -0.2) is 31.4 Å². The van der Waals surface area contributed by atoms with E-state index in [-0.39, 0.29) is 18.4 Å². The van der Waals surface area contributed by atoms with Crippen molar-refractivity contribution in [2.45, 2.75) is 31.7 Å². The number of hydrogen-bond acceptors (Lipinski definition) is 5. The lowest BCUT2D eigenvalue weighted by Crippen LogP contribution is -2.25. The lowest BCUT2D eigenvalue weighted by atomic mass is 10.1. The molecule has 1 amide bonds. The molecule has 0 radical (unpaired) electrons. The Balaban J connectivity index is 3.56. The van der Waals surface area contributed by atoms with E-state index in [1.165, 1.54) is 0 Å². The van der Waals surface area contributed by atoms with Gasteiger partial charge < -0.3 is 15.8 Å². The number of carbonyl (C=O) groups is 2. The van der Waals surface area contributed by atoms with Crippen LogP contribution >= 0.6 is 0 Å². The highest BCUT2D eigenvalue weighted by atomic mass is 16.5. The average molecular weight is 215 g/mol. The summed E-state index contributed by atoms with van der Waals surface area (Å²) in [4.78, 5) is 21.7. The predicted molar refractivity (Wildman–Crippen MR) is 55.4 cm³/mol. The Bertz CT molecular complexity index is 231. The summed E-state index contributed by atoms with van der Waals surface area (Å²) in [5.41, 5.74) is 5.68. The SMILES string of the molecule is CNC(=O)CCC(N)CCC(=O)OC=N. The molecule has 86 valence electrons. The minimum absolute atomic E-state index is 0.0625. The molecule has 0 aliphatic rings. The van der Waals surface area contributed by atoms with Gasteiger partial charge in [-0.3, -0.25) is 15.0 Å². The number of nitrogens with one attached hydrogen (secondary N) is 2. The molecule has 0 aromatic rings. The van der Waals surface area contributed by atoms with Crippen molar-refractivity contribution in [2.24, 2.45) is 5.73 Å². The van der Waals surface area contributed by atoms with E-state index in [0.717, 1.165) is 0 Å². The van der Waals surface area contributed by atoms with Crippen LogP contribution in [0.3, 0.4) is 0 Å². The van der Waals surface area contributed by atoms with E-state index >= 15 is 0 Å². The Labute approximate surface area is 88.7 Å². The van der Waals surface area contributed by atoms with Gasteiger partial charge in [0.2, 0.25) is 5.91 Å². The Hall–Kier alpha value is -1.43. The van der Waals surface area contributed by atoms with Gasteiger partial charge in [0.1, 0.15) is 0 Å². The molecule has 6 nitrogen and oxygen atoms in total. The summed E-state index contributed by atoms with van der Waals surface area (Å²) in [6, 6.07) is -0.194. The minimum Gasteiger partial charge on any atom is -0.415 e. The zero-order chi connectivity index (χ0) is 11.7. The van der Waals surface area contributed by atoms with Crippen LogP contribution in [0, 0.1) is 5.41 Å². The average Bonchev–Trinajstić information content (AvgIpc) is 2.23. The van der Waals surface area contributed by atoms with Gasteiger partial charge in [-0.05, 0) is 12.8 Å². The first kappa shape index (κ1) is 13.6. The van der Waals surface area contributed by atoms with Crippen molar-refractivity contribution in [2.75, 3.05) is 7.05 Å². The Kier molecular flexibility index (Phi) is 7.17. The summed E-state index contributed by atoms with van der Waals surface area (Å²) >= 11 is 0. The molecule has 0 aliphatic heterocycles. The molecule has 4 N–H and O–H groups in total. The van der Waals surface area contributed by atoms with Crippen LogP contribution in [0.2, 0.25) is 0 Å². The van der Waals surface area contributed by atoms with Gasteiger partial charge in [-0.2, -0.15) is 0 Å². The second-order valence-electron chi connectivity index (χ2n) is 3.12. The van der Waals surface area contributed by atoms with Crippen molar-refractivity contribution in [1.82, 2.24) is 5.32 Å². The van der Waals surface area contributed by atoms with Crippen molar-refractivity contribution in [3.05, 3.63) is 0 Å². The second kappa shape index (κ2) is 7.93. The Morgan fingerprint density at radius 2 is 2.07 bits per heavy atom. The minimum atomic E-state index is -0.472. The third-order valence-electron chi connectivity index (χ3n) is 1.93. The van der Waals surface area contributed by atoms with E-state index < -0.39 is 5.97 Å². The standard InChI is InChI=1S/C9H17N3O3/c1-12-8(13)4-2-7(11)3-5-9(14)15-6-10/h6-7,10H,2-5,11H2,1H3,(H,12,13). The first-order valence-electron chi connectivity index (χ1n) is 4.74. The summed E-state index contributed by atoms with van der Waals surface area (Å²) in [5, 5.41) is 9.02. The van der Waals surface area contributed by atoms with Gasteiger partial charge >= 0.3 is 5.97 Å². The van der Waals surface area contributed by atoms with Gasteiger partial charge in [-0.1, -0.05) is 0 Å². The fraction of sp³-hybridized carbons (Fsp3) is 0.667. The highest BCUT2D eigenvalue weighted by Crippen LogP contribution is 2.03. The molecule has 6 heteroatoms. The fourth-order valence-electron chi connectivity index (χ4n) is 1.01. The topological polar surface area (TPSA) is 105 Å². The first-order chi connectivity index (χ1) is 7.10. The quantitative estimate of drug-likeness (QED) is 0.310. The summed E-state index contributed by atoms with van der Waals surface area (Å²) in [5.74, 6) is -0.534. The number of rotatable bonds is 7. The van der Waals surface area contributed by atoms with E-state index in [9.17, 15) is 9.59 Å².